The molecule has 1 aliphatic rings. The minimum absolute atomic E-state index is 0.309. The number of nitrogens with zero attached hydrogens (tertiary/aromatic N) is 1. The minimum Gasteiger partial charge on any atom is -0.492 e. The van der Waals surface area contributed by atoms with Crippen LogP contribution in [0.2, 0.25) is 5.02 Å². The van der Waals surface area contributed by atoms with E-state index in [2.05, 4.69) is 10.3 Å². The number of nitrogens with one attached hydrogen (secondary N) is 1. The minimum atomic E-state index is 0.309. The van der Waals surface area contributed by atoms with Gasteiger partial charge in [0, 0.05) is 23.2 Å². The summed E-state index contributed by atoms with van der Waals surface area (Å²) in [6, 6.07) is 12.8. The third-order valence-corrected chi connectivity index (χ3v) is 3.69. The Morgan fingerprint density at radius 3 is 2.84 bits per heavy atom. The lowest BCUT2D eigenvalue weighted by atomic mass is 10.3. The van der Waals surface area contributed by atoms with Crippen molar-refractivity contribution < 1.29 is 14.2 Å². The molecule has 1 heterocycles. The number of nitrogens with two attached hydrogens (primary N) is 1. The summed E-state index contributed by atoms with van der Waals surface area (Å²) >= 11 is 5.90. The smallest absolute Gasteiger partial charge is 0.193 e. The molecule has 6 nitrogen and oxygen atoms in total. The van der Waals surface area contributed by atoms with Gasteiger partial charge < -0.3 is 25.3 Å². The Morgan fingerprint density at radius 2 is 2.00 bits per heavy atom. The molecule has 0 aliphatic carbocycles. The van der Waals surface area contributed by atoms with Crippen molar-refractivity contribution in [3.8, 4) is 17.2 Å². The molecule has 0 aromatic heterocycles. The van der Waals surface area contributed by atoms with E-state index in [1.807, 2.05) is 30.3 Å². The molecule has 0 spiro atoms. The van der Waals surface area contributed by atoms with Crippen LogP contribution in [0.5, 0.6) is 17.2 Å². The second kappa shape index (κ2) is 8.48. The van der Waals surface area contributed by atoms with Crippen LogP contribution in [0.3, 0.4) is 0 Å². The van der Waals surface area contributed by atoms with Crippen LogP contribution >= 0.6 is 11.6 Å². The van der Waals surface area contributed by atoms with Crippen molar-refractivity contribution in [2.75, 3.05) is 31.7 Å². The number of fused-ring (bicyclic) bond motifs is 1. The highest BCUT2D eigenvalue weighted by Crippen LogP contribution is 2.32. The Hall–Kier alpha value is -2.60. The molecule has 25 heavy (non-hydrogen) atoms. The molecule has 3 rings (SSSR count). The summed E-state index contributed by atoms with van der Waals surface area (Å²) in [4.78, 5) is 4.24. The fourth-order valence-corrected chi connectivity index (χ4v) is 2.50. The summed E-state index contributed by atoms with van der Waals surface area (Å²) < 4.78 is 16.8. The van der Waals surface area contributed by atoms with Crippen LogP contribution in [0.15, 0.2) is 47.5 Å². The second-order valence-electron chi connectivity index (χ2n) is 5.41. The maximum absolute atomic E-state index is 5.91. The molecule has 0 amide bonds. The highest BCUT2D eigenvalue weighted by Gasteiger charge is 2.10. The van der Waals surface area contributed by atoms with Crippen molar-refractivity contribution in [2.45, 2.75) is 6.42 Å². The van der Waals surface area contributed by atoms with E-state index in [-0.39, 0.29) is 0 Å². The predicted octanol–water partition coefficient (Wildman–Crippen LogP) is 3.31. The molecule has 0 saturated carbocycles. The first kappa shape index (κ1) is 17.2. The average Bonchev–Trinajstić information content (AvgIpc) is 2.84. The molecular formula is C18H20ClN3O3. The fraction of sp³-hybridized carbons (Fsp3) is 0.278. The van der Waals surface area contributed by atoms with Crippen LogP contribution in [0.25, 0.3) is 0 Å². The van der Waals surface area contributed by atoms with Gasteiger partial charge >= 0.3 is 0 Å². The topological polar surface area (TPSA) is 78.1 Å². The van der Waals surface area contributed by atoms with Gasteiger partial charge in [0.25, 0.3) is 0 Å². The average molecular weight is 362 g/mol. The summed E-state index contributed by atoms with van der Waals surface area (Å²) in [6.07, 6.45) is 0.869. The number of benzene rings is 2. The predicted molar refractivity (Wildman–Crippen MR) is 99.1 cm³/mol. The Labute approximate surface area is 151 Å². The number of hydrogen-bond acceptors (Lipinski definition) is 4. The fourth-order valence-electron chi connectivity index (χ4n) is 2.31. The first-order valence-corrected chi connectivity index (χ1v) is 8.43. The van der Waals surface area contributed by atoms with Crippen molar-refractivity contribution in [3.63, 3.8) is 0 Å². The van der Waals surface area contributed by atoms with Gasteiger partial charge in [0.05, 0.1) is 19.8 Å². The SMILES string of the molecule is NC(=NCCOc1cccc(Cl)c1)Nc1ccc2c(c1)OCCCO2. The van der Waals surface area contributed by atoms with Gasteiger partial charge in [-0.3, -0.25) is 0 Å². The Kier molecular flexibility index (Phi) is 5.85. The third kappa shape index (κ3) is 5.19. The lowest BCUT2D eigenvalue weighted by Gasteiger charge is -2.11. The molecule has 132 valence electrons. The third-order valence-electron chi connectivity index (χ3n) is 3.46. The van der Waals surface area contributed by atoms with Gasteiger partial charge in [-0.1, -0.05) is 17.7 Å². The highest BCUT2D eigenvalue weighted by molar-refractivity contribution is 6.30. The molecule has 1 aliphatic heterocycles. The van der Waals surface area contributed by atoms with E-state index in [4.69, 9.17) is 31.5 Å². The van der Waals surface area contributed by atoms with Crippen molar-refractivity contribution in [1.29, 1.82) is 0 Å². The zero-order chi connectivity index (χ0) is 17.5. The Morgan fingerprint density at radius 1 is 1.16 bits per heavy atom. The lowest BCUT2D eigenvalue weighted by molar-refractivity contribution is 0.297. The van der Waals surface area contributed by atoms with E-state index in [1.165, 1.54) is 0 Å². The van der Waals surface area contributed by atoms with E-state index in [0.29, 0.717) is 48.8 Å². The van der Waals surface area contributed by atoms with Gasteiger partial charge in [0.1, 0.15) is 12.4 Å². The molecule has 0 radical (unpaired) electrons. The number of aliphatic imine (C=N–C) groups is 1. The van der Waals surface area contributed by atoms with E-state index < -0.39 is 0 Å². The molecule has 7 heteroatoms. The molecule has 0 saturated heterocycles. The van der Waals surface area contributed by atoms with E-state index in [9.17, 15) is 0 Å². The monoisotopic (exact) mass is 361 g/mol. The van der Waals surface area contributed by atoms with E-state index >= 15 is 0 Å². The van der Waals surface area contributed by atoms with Gasteiger partial charge in [0.2, 0.25) is 0 Å². The quantitative estimate of drug-likeness (QED) is 0.485. The molecule has 2 aromatic rings. The first-order chi connectivity index (χ1) is 12.2. The highest BCUT2D eigenvalue weighted by atomic mass is 35.5. The Bertz CT molecular complexity index is 752. The summed E-state index contributed by atoms with van der Waals surface area (Å²) in [6.45, 7) is 2.14. The van der Waals surface area contributed by atoms with Gasteiger partial charge in [0.15, 0.2) is 17.5 Å². The van der Waals surface area contributed by atoms with E-state index in [1.54, 1.807) is 12.1 Å². The zero-order valence-electron chi connectivity index (χ0n) is 13.7. The van der Waals surface area contributed by atoms with Crippen LogP contribution in [-0.4, -0.2) is 32.3 Å². The van der Waals surface area contributed by atoms with Gasteiger partial charge in [-0.05, 0) is 30.3 Å². The lowest BCUT2D eigenvalue weighted by Crippen LogP contribution is -2.23. The number of rotatable bonds is 5. The van der Waals surface area contributed by atoms with Crippen LogP contribution in [0.1, 0.15) is 6.42 Å². The van der Waals surface area contributed by atoms with Crippen molar-refractivity contribution in [1.82, 2.24) is 0 Å². The number of hydrogen-bond donors (Lipinski definition) is 2. The van der Waals surface area contributed by atoms with Crippen LogP contribution in [-0.2, 0) is 0 Å². The van der Waals surface area contributed by atoms with Crippen molar-refractivity contribution >= 4 is 23.2 Å². The molecule has 0 bridgehead atoms. The van der Waals surface area contributed by atoms with E-state index in [0.717, 1.165) is 17.9 Å². The molecule has 0 fully saturated rings. The van der Waals surface area contributed by atoms with Crippen LogP contribution < -0.4 is 25.3 Å². The molecule has 2 aromatic carbocycles. The van der Waals surface area contributed by atoms with Crippen LogP contribution in [0, 0.1) is 0 Å². The largest absolute Gasteiger partial charge is 0.492 e. The Balaban J connectivity index is 1.50. The maximum Gasteiger partial charge on any atom is 0.193 e. The van der Waals surface area contributed by atoms with Gasteiger partial charge in [-0.2, -0.15) is 0 Å². The molecule has 0 unspecified atom stereocenters. The number of anilines is 1. The summed E-state index contributed by atoms with van der Waals surface area (Å²) in [7, 11) is 0. The van der Waals surface area contributed by atoms with Crippen LogP contribution in [0.4, 0.5) is 5.69 Å². The molecule has 3 N–H and O–H groups in total. The zero-order valence-corrected chi connectivity index (χ0v) is 14.5. The van der Waals surface area contributed by atoms with Gasteiger partial charge in [-0.15, -0.1) is 0 Å². The molecular weight excluding hydrogens is 342 g/mol. The summed E-state index contributed by atoms with van der Waals surface area (Å²) in [5.74, 6) is 2.47. The molecule has 0 atom stereocenters. The number of ether oxygens (including phenoxy) is 3. The maximum atomic E-state index is 5.91. The van der Waals surface area contributed by atoms with Crippen molar-refractivity contribution in [3.05, 3.63) is 47.5 Å². The summed E-state index contributed by atoms with van der Waals surface area (Å²) in [5.41, 5.74) is 6.70. The second-order valence-corrected chi connectivity index (χ2v) is 5.85. The first-order valence-electron chi connectivity index (χ1n) is 8.06. The standard InChI is InChI=1S/C18H20ClN3O3/c19-13-3-1-4-15(11-13)23-10-7-21-18(20)22-14-5-6-16-17(12-14)25-9-2-8-24-16/h1,3-6,11-12H,2,7-10H2,(H3,20,21,22). The van der Waals surface area contributed by atoms with Crippen molar-refractivity contribution in [2.24, 2.45) is 10.7 Å². The number of halogens is 1. The summed E-state index contributed by atoms with van der Waals surface area (Å²) in [5, 5.41) is 3.67. The normalized spacial score (nSPS) is 13.9. The van der Waals surface area contributed by atoms with Gasteiger partial charge in [-0.25, -0.2) is 4.99 Å². The number of guanidine groups is 1.